The fourth-order valence-corrected chi connectivity index (χ4v) is 4.19. The van der Waals surface area contributed by atoms with Gasteiger partial charge in [0.15, 0.2) is 0 Å². The Morgan fingerprint density at radius 1 is 1.19 bits per heavy atom. The molecule has 0 radical (unpaired) electrons. The van der Waals surface area contributed by atoms with Crippen LogP contribution in [-0.4, -0.2) is 62.0 Å². The number of rotatable bonds is 10. The van der Waals surface area contributed by atoms with Gasteiger partial charge in [0.05, 0.1) is 29.8 Å². The van der Waals surface area contributed by atoms with Crippen molar-refractivity contribution in [2.75, 3.05) is 31.6 Å². The molecule has 0 saturated heterocycles. The molecule has 0 atom stereocenters. The topological polar surface area (TPSA) is 102 Å². The summed E-state index contributed by atoms with van der Waals surface area (Å²) in [7, 11) is 0. The van der Waals surface area contributed by atoms with E-state index >= 15 is 0 Å². The van der Waals surface area contributed by atoms with Gasteiger partial charge in [0.25, 0.3) is 0 Å². The lowest BCUT2D eigenvalue weighted by atomic mass is 10.2. The number of aromatic nitrogens is 3. The Bertz CT molecular complexity index is 1270. The fraction of sp³-hybridized carbons (Fsp3) is 0.375. The molecule has 3 aromatic rings. The quantitative estimate of drug-likeness (QED) is 0.363. The Labute approximate surface area is 215 Å². The molecule has 2 aromatic heterocycles. The number of anilines is 1. The summed E-state index contributed by atoms with van der Waals surface area (Å²) in [5.74, 6) is -0.347. The first kappa shape index (κ1) is 28.1. The molecule has 0 bridgehead atoms. The van der Waals surface area contributed by atoms with Crippen LogP contribution in [0.15, 0.2) is 52.4 Å². The number of amides is 1. The average Bonchev–Trinajstić information content (AvgIpc) is 3.05. The fourth-order valence-electron chi connectivity index (χ4n) is 3.65. The van der Waals surface area contributed by atoms with Crippen LogP contribution in [0.25, 0.3) is 5.69 Å². The molecule has 37 heavy (non-hydrogen) atoms. The van der Waals surface area contributed by atoms with Crippen molar-refractivity contribution in [2.24, 2.45) is 0 Å². The van der Waals surface area contributed by atoms with Gasteiger partial charge in [0.1, 0.15) is 6.61 Å². The van der Waals surface area contributed by atoms with E-state index in [0.717, 1.165) is 17.7 Å². The smallest absolute Gasteiger partial charge is 0.446 e. The maximum absolute atomic E-state index is 13.2. The largest absolute Gasteiger partial charge is 0.493 e. The standard InChI is InChI=1S/C24H28F3N5O4S/c1-4-30(5-2)12-13-36-22(34)29-20-14-28-11-10-17(20)15-31-16(3)21(33)32(23(31)35)18-6-8-19(9-7-18)37-24(25,26)27/h6-11,14,33H,4-5,12-13,15H2,1-3H3,(H,29,34). The molecule has 0 saturated carbocycles. The molecule has 0 spiro atoms. The van der Waals surface area contributed by atoms with Crippen molar-refractivity contribution in [3.8, 4) is 11.6 Å². The van der Waals surface area contributed by atoms with Crippen molar-refractivity contribution >= 4 is 23.5 Å². The maximum Gasteiger partial charge on any atom is 0.446 e. The third kappa shape index (κ3) is 7.29. The summed E-state index contributed by atoms with van der Waals surface area (Å²) in [5, 5.41) is 13.3. The highest BCUT2D eigenvalue weighted by molar-refractivity contribution is 8.00. The van der Waals surface area contributed by atoms with Crippen molar-refractivity contribution in [1.82, 2.24) is 19.0 Å². The lowest BCUT2D eigenvalue weighted by molar-refractivity contribution is -0.0328. The predicted molar refractivity (Wildman–Crippen MR) is 134 cm³/mol. The molecule has 0 fully saturated rings. The average molecular weight is 540 g/mol. The molecule has 2 N–H and O–H groups in total. The molecule has 2 heterocycles. The van der Waals surface area contributed by atoms with Gasteiger partial charge < -0.3 is 14.7 Å². The Balaban J connectivity index is 1.79. The highest BCUT2D eigenvalue weighted by Gasteiger charge is 2.29. The van der Waals surface area contributed by atoms with E-state index < -0.39 is 17.3 Å². The van der Waals surface area contributed by atoms with E-state index in [1.54, 1.807) is 6.07 Å². The summed E-state index contributed by atoms with van der Waals surface area (Å²) in [5.41, 5.74) is -3.72. The third-order valence-corrected chi connectivity index (χ3v) is 6.44. The normalized spacial score (nSPS) is 11.6. The monoisotopic (exact) mass is 539 g/mol. The van der Waals surface area contributed by atoms with Crippen molar-refractivity contribution in [2.45, 2.75) is 37.7 Å². The van der Waals surface area contributed by atoms with E-state index in [2.05, 4.69) is 15.2 Å². The number of likely N-dealkylation sites (N-methyl/N-ethyl adjacent to an activating group) is 1. The number of alkyl halides is 3. The van der Waals surface area contributed by atoms with E-state index in [9.17, 15) is 27.9 Å². The van der Waals surface area contributed by atoms with Crippen LogP contribution in [0.3, 0.4) is 0 Å². The third-order valence-electron chi connectivity index (χ3n) is 5.70. The van der Waals surface area contributed by atoms with E-state index in [1.807, 2.05) is 13.8 Å². The van der Waals surface area contributed by atoms with E-state index in [4.69, 9.17) is 4.74 Å². The van der Waals surface area contributed by atoms with Crippen LogP contribution in [-0.2, 0) is 11.3 Å². The predicted octanol–water partition coefficient (Wildman–Crippen LogP) is 4.60. The second-order valence-corrected chi connectivity index (χ2v) is 9.11. The molecule has 0 unspecified atom stereocenters. The zero-order valence-electron chi connectivity index (χ0n) is 20.6. The van der Waals surface area contributed by atoms with Gasteiger partial charge >= 0.3 is 17.3 Å². The number of halogens is 3. The van der Waals surface area contributed by atoms with Crippen LogP contribution in [0, 0.1) is 6.92 Å². The Morgan fingerprint density at radius 2 is 1.86 bits per heavy atom. The maximum atomic E-state index is 13.2. The minimum Gasteiger partial charge on any atom is -0.493 e. The zero-order chi connectivity index (χ0) is 27.2. The first-order valence-corrected chi connectivity index (χ1v) is 12.3. The number of ether oxygens (including phenoxy) is 1. The number of thioether (sulfide) groups is 1. The lowest BCUT2D eigenvalue weighted by Crippen LogP contribution is -2.29. The van der Waals surface area contributed by atoms with Crippen LogP contribution in [0.2, 0.25) is 0 Å². The molecule has 3 rings (SSSR count). The van der Waals surface area contributed by atoms with Gasteiger partial charge in [0, 0.05) is 17.6 Å². The Hall–Kier alpha value is -3.45. The van der Waals surface area contributed by atoms with Gasteiger partial charge in [-0.1, -0.05) is 13.8 Å². The SMILES string of the molecule is CCN(CC)CCOC(=O)Nc1cnccc1Cn1c(C)c(O)n(-c2ccc(SC(F)(F)F)cc2)c1=O. The summed E-state index contributed by atoms with van der Waals surface area (Å²) in [4.78, 5) is 31.6. The molecule has 13 heteroatoms. The molecule has 9 nitrogen and oxygen atoms in total. The Kier molecular flexibility index (Phi) is 9.27. The van der Waals surface area contributed by atoms with Crippen molar-refractivity contribution in [3.63, 3.8) is 0 Å². The molecule has 1 amide bonds. The molecular formula is C24H28F3N5O4S. The number of imidazole rings is 1. The number of benzene rings is 1. The first-order valence-electron chi connectivity index (χ1n) is 11.5. The van der Waals surface area contributed by atoms with Crippen LogP contribution >= 0.6 is 11.8 Å². The number of hydrogen-bond acceptors (Lipinski definition) is 7. The number of hydrogen-bond donors (Lipinski definition) is 2. The highest BCUT2D eigenvalue weighted by Crippen LogP contribution is 2.37. The summed E-state index contributed by atoms with van der Waals surface area (Å²) < 4.78 is 45.4. The first-order chi connectivity index (χ1) is 17.5. The van der Waals surface area contributed by atoms with Crippen molar-refractivity contribution < 1.29 is 27.8 Å². The number of aromatic hydroxyl groups is 1. The second-order valence-electron chi connectivity index (χ2n) is 7.98. The van der Waals surface area contributed by atoms with Gasteiger partial charge in [-0.25, -0.2) is 14.2 Å². The summed E-state index contributed by atoms with van der Waals surface area (Å²) >= 11 is -0.270. The van der Waals surface area contributed by atoms with Gasteiger partial charge in [-0.15, -0.1) is 0 Å². The van der Waals surface area contributed by atoms with Gasteiger partial charge in [0.2, 0.25) is 5.88 Å². The summed E-state index contributed by atoms with van der Waals surface area (Å²) in [6.07, 6.45) is 2.26. The van der Waals surface area contributed by atoms with Crippen LogP contribution in [0.1, 0.15) is 25.1 Å². The van der Waals surface area contributed by atoms with Crippen LogP contribution in [0.5, 0.6) is 5.88 Å². The lowest BCUT2D eigenvalue weighted by Gasteiger charge is -2.18. The number of carbonyl (C=O) groups is 1. The van der Waals surface area contributed by atoms with Crippen LogP contribution in [0.4, 0.5) is 23.7 Å². The van der Waals surface area contributed by atoms with Gasteiger partial charge in [-0.05, 0) is 67.7 Å². The molecular weight excluding hydrogens is 511 g/mol. The zero-order valence-corrected chi connectivity index (χ0v) is 21.4. The van der Waals surface area contributed by atoms with Gasteiger partial charge in [-0.3, -0.25) is 14.9 Å². The number of nitrogens with one attached hydrogen (secondary N) is 1. The number of carbonyl (C=O) groups excluding carboxylic acids is 1. The van der Waals surface area contributed by atoms with Crippen molar-refractivity contribution in [1.29, 1.82) is 0 Å². The van der Waals surface area contributed by atoms with E-state index in [0.29, 0.717) is 17.8 Å². The minimum absolute atomic E-state index is 0.00911. The molecule has 200 valence electrons. The van der Waals surface area contributed by atoms with E-state index in [1.165, 1.54) is 48.1 Å². The molecule has 0 aliphatic carbocycles. The molecule has 1 aromatic carbocycles. The highest BCUT2D eigenvalue weighted by atomic mass is 32.2. The van der Waals surface area contributed by atoms with E-state index in [-0.39, 0.29) is 47.1 Å². The molecule has 0 aliphatic heterocycles. The molecule has 0 aliphatic rings. The van der Waals surface area contributed by atoms with Crippen molar-refractivity contribution in [3.05, 3.63) is 64.5 Å². The van der Waals surface area contributed by atoms with Gasteiger partial charge in [-0.2, -0.15) is 13.2 Å². The second kappa shape index (κ2) is 12.2. The summed E-state index contributed by atoms with van der Waals surface area (Å²) in [6, 6.07) is 6.72. The number of pyridine rings is 1. The summed E-state index contributed by atoms with van der Waals surface area (Å²) in [6.45, 7) is 8.04. The minimum atomic E-state index is -4.44. The van der Waals surface area contributed by atoms with Crippen LogP contribution < -0.4 is 11.0 Å². The number of nitrogens with zero attached hydrogens (tertiary/aromatic N) is 4. The Morgan fingerprint density at radius 3 is 2.49 bits per heavy atom.